The highest BCUT2D eigenvalue weighted by molar-refractivity contribution is 5.76. The molecule has 0 spiro atoms. The Labute approximate surface area is 112 Å². The largest absolute Gasteiger partial charge is 0.356 e. The Balaban J connectivity index is 2.37. The van der Waals surface area contributed by atoms with E-state index in [9.17, 15) is 4.79 Å². The summed E-state index contributed by atoms with van der Waals surface area (Å²) in [6.07, 6.45) is 8.93. The van der Waals surface area contributed by atoms with Crippen LogP contribution < -0.4 is 11.1 Å². The molecule has 0 atom stereocenters. The highest BCUT2D eigenvalue weighted by atomic mass is 16.1. The molecule has 1 rings (SSSR count). The van der Waals surface area contributed by atoms with Crippen molar-refractivity contribution in [3.05, 3.63) is 0 Å². The summed E-state index contributed by atoms with van der Waals surface area (Å²) in [6.45, 7) is 5.85. The zero-order valence-electron chi connectivity index (χ0n) is 12.1. The van der Waals surface area contributed by atoms with Gasteiger partial charge in [0.05, 0.1) is 0 Å². The molecule has 1 aliphatic rings. The van der Waals surface area contributed by atoms with Crippen molar-refractivity contribution in [2.75, 3.05) is 13.1 Å². The van der Waals surface area contributed by atoms with E-state index in [0.29, 0.717) is 18.9 Å². The molecule has 1 amide bonds. The molecule has 0 bridgehead atoms. The molecular weight excluding hydrogens is 224 g/mol. The van der Waals surface area contributed by atoms with E-state index in [1.807, 2.05) is 0 Å². The van der Waals surface area contributed by atoms with Crippen molar-refractivity contribution in [2.45, 2.75) is 65.2 Å². The Kier molecular flexibility index (Phi) is 6.69. The van der Waals surface area contributed by atoms with Crippen molar-refractivity contribution in [3.8, 4) is 0 Å². The number of hydrogen-bond donors (Lipinski definition) is 2. The second kappa shape index (κ2) is 7.78. The first-order chi connectivity index (χ1) is 8.65. The maximum Gasteiger partial charge on any atom is 0.220 e. The van der Waals surface area contributed by atoms with Crippen LogP contribution in [-0.2, 0) is 4.79 Å². The maximum atomic E-state index is 12.0. The molecular formula is C15H30N2O. The average Bonchev–Trinajstić information content (AvgIpc) is 2.41. The standard InChI is InChI=1S/C15H30N2O/c1-3-13(4-2)11-17-14(18)10-15(12-16)8-6-5-7-9-15/h13H,3-12,16H2,1-2H3,(H,17,18). The summed E-state index contributed by atoms with van der Waals surface area (Å²) in [6, 6.07) is 0. The van der Waals surface area contributed by atoms with Gasteiger partial charge in [-0.2, -0.15) is 0 Å². The lowest BCUT2D eigenvalue weighted by atomic mass is 9.71. The fourth-order valence-corrected chi connectivity index (χ4v) is 2.99. The number of carbonyl (C=O) groups is 1. The van der Waals surface area contributed by atoms with Gasteiger partial charge in [0.15, 0.2) is 0 Å². The summed E-state index contributed by atoms with van der Waals surface area (Å²) in [5, 5.41) is 3.10. The molecule has 18 heavy (non-hydrogen) atoms. The summed E-state index contributed by atoms with van der Waals surface area (Å²) in [5.41, 5.74) is 6.01. The van der Waals surface area contributed by atoms with Crippen LogP contribution in [0.3, 0.4) is 0 Å². The van der Waals surface area contributed by atoms with Gasteiger partial charge in [0.2, 0.25) is 5.91 Å². The van der Waals surface area contributed by atoms with Gasteiger partial charge in [0.1, 0.15) is 0 Å². The molecule has 0 aliphatic heterocycles. The molecule has 0 aromatic heterocycles. The normalized spacial score (nSPS) is 18.9. The van der Waals surface area contributed by atoms with Crippen molar-refractivity contribution in [2.24, 2.45) is 17.1 Å². The summed E-state index contributed by atoms with van der Waals surface area (Å²) < 4.78 is 0. The SMILES string of the molecule is CCC(CC)CNC(=O)CC1(CN)CCCCC1. The van der Waals surface area contributed by atoms with Crippen LogP contribution in [0, 0.1) is 11.3 Å². The molecule has 1 aliphatic carbocycles. The van der Waals surface area contributed by atoms with E-state index in [1.165, 1.54) is 19.3 Å². The van der Waals surface area contributed by atoms with Gasteiger partial charge >= 0.3 is 0 Å². The van der Waals surface area contributed by atoms with Crippen LogP contribution in [0.4, 0.5) is 0 Å². The minimum atomic E-state index is 0.0935. The highest BCUT2D eigenvalue weighted by Crippen LogP contribution is 2.38. The topological polar surface area (TPSA) is 55.1 Å². The molecule has 106 valence electrons. The Morgan fingerprint density at radius 3 is 2.33 bits per heavy atom. The zero-order chi connectivity index (χ0) is 13.4. The number of carbonyl (C=O) groups excluding carboxylic acids is 1. The van der Waals surface area contributed by atoms with Gasteiger partial charge in [-0.25, -0.2) is 0 Å². The van der Waals surface area contributed by atoms with E-state index in [2.05, 4.69) is 19.2 Å². The van der Waals surface area contributed by atoms with E-state index in [1.54, 1.807) is 0 Å². The van der Waals surface area contributed by atoms with Crippen molar-refractivity contribution >= 4 is 5.91 Å². The van der Waals surface area contributed by atoms with Gasteiger partial charge < -0.3 is 11.1 Å². The Morgan fingerprint density at radius 2 is 1.83 bits per heavy atom. The minimum Gasteiger partial charge on any atom is -0.356 e. The second-order valence-electron chi connectivity index (χ2n) is 5.93. The van der Waals surface area contributed by atoms with Gasteiger partial charge in [0.25, 0.3) is 0 Å². The van der Waals surface area contributed by atoms with E-state index in [0.717, 1.165) is 32.2 Å². The van der Waals surface area contributed by atoms with Crippen LogP contribution in [-0.4, -0.2) is 19.0 Å². The Morgan fingerprint density at radius 1 is 1.22 bits per heavy atom. The predicted molar refractivity (Wildman–Crippen MR) is 76.3 cm³/mol. The van der Waals surface area contributed by atoms with E-state index in [4.69, 9.17) is 5.73 Å². The van der Waals surface area contributed by atoms with Gasteiger partial charge in [-0.15, -0.1) is 0 Å². The van der Waals surface area contributed by atoms with Gasteiger partial charge in [-0.05, 0) is 30.7 Å². The molecule has 0 unspecified atom stereocenters. The minimum absolute atomic E-state index is 0.0935. The molecule has 0 aromatic carbocycles. The molecule has 3 nitrogen and oxygen atoms in total. The van der Waals surface area contributed by atoms with Crippen molar-refractivity contribution in [3.63, 3.8) is 0 Å². The fourth-order valence-electron chi connectivity index (χ4n) is 2.99. The molecule has 0 aromatic rings. The van der Waals surface area contributed by atoms with Crippen LogP contribution in [0.25, 0.3) is 0 Å². The molecule has 0 heterocycles. The second-order valence-corrected chi connectivity index (χ2v) is 5.93. The third-order valence-electron chi connectivity index (χ3n) is 4.63. The third kappa shape index (κ3) is 4.60. The molecule has 0 radical (unpaired) electrons. The van der Waals surface area contributed by atoms with E-state index >= 15 is 0 Å². The van der Waals surface area contributed by atoms with Crippen molar-refractivity contribution < 1.29 is 4.79 Å². The van der Waals surface area contributed by atoms with Crippen LogP contribution >= 0.6 is 0 Å². The predicted octanol–water partition coefficient (Wildman–Crippen LogP) is 2.84. The Hall–Kier alpha value is -0.570. The first kappa shape index (κ1) is 15.5. The number of hydrogen-bond acceptors (Lipinski definition) is 2. The molecule has 0 saturated heterocycles. The van der Waals surface area contributed by atoms with Crippen LogP contribution in [0.2, 0.25) is 0 Å². The quantitative estimate of drug-likeness (QED) is 0.734. The molecule has 1 saturated carbocycles. The van der Waals surface area contributed by atoms with Crippen LogP contribution in [0.5, 0.6) is 0 Å². The summed E-state index contributed by atoms with van der Waals surface area (Å²) in [5.74, 6) is 0.823. The summed E-state index contributed by atoms with van der Waals surface area (Å²) >= 11 is 0. The average molecular weight is 254 g/mol. The smallest absolute Gasteiger partial charge is 0.220 e. The molecule has 3 N–H and O–H groups in total. The van der Waals surface area contributed by atoms with Crippen molar-refractivity contribution in [1.82, 2.24) is 5.32 Å². The maximum absolute atomic E-state index is 12.0. The first-order valence-electron chi connectivity index (χ1n) is 7.62. The lowest BCUT2D eigenvalue weighted by Crippen LogP contribution is -2.39. The third-order valence-corrected chi connectivity index (χ3v) is 4.63. The number of amides is 1. The number of nitrogens with two attached hydrogens (primary N) is 1. The first-order valence-corrected chi connectivity index (χ1v) is 7.62. The number of nitrogens with one attached hydrogen (secondary N) is 1. The van der Waals surface area contributed by atoms with Crippen LogP contribution in [0.15, 0.2) is 0 Å². The van der Waals surface area contributed by atoms with Crippen LogP contribution in [0.1, 0.15) is 65.2 Å². The number of rotatable bonds is 7. The van der Waals surface area contributed by atoms with Gasteiger partial charge in [0, 0.05) is 13.0 Å². The summed E-state index contributed by atoms with van der Waals surface area (Å²) in [7, 11) is 0. The molecule has 1 fully saturated rings. The molecule has 3 heteroatoms. The monoisotopic (exact) mass is 254 g/mol. The van der Waals surface area contributed by atoms with E-state index < -0.39 is 0 Å². The summed E-state index contributed by atoms with van der Waals surface area (Å²) in [4.78, 5) is 12.0. The van der Waals surface area contributed by atoms with Gasteiger partial charge in [-0.3, -0.25) is 4.79 Å². The fraction of sp³-hybridized carbons (Fsp3) is 0.933. The van der Waals surface area contributed by atoms with Crippen molar-refractivity contribution in [1.29, 1.82) is 0 Å². The lowest BCUT2D eigenvalue weighted by molar-refractivity contribution is -0.124. The highest BCUT2D eigenvalue weighted by Gasteiger charge is 2.32. The van der Waals surface area contributed by atoms with E-state index in [-0.39, 0.29) is 11.3 Å². The lowest BCUT2D eigenvalue weighted by Gasteiger charge is -2.35. The zero-order valence-corrected chi connectivity index (χ0v) is 12.1. The Bertz CT molecular complexity index is 243. The van der Waals surface area contributed by atoms with Gasteiger partial charge in [-0.1, -0.05) is 46.0 Å².